The molecule has 18 heavy (non-hydrogen) atoms. The van der Waals surface area contributed by atoms with Crippen molar-refractivity contribution in [1.29, 1.82) is 0 Å². The van der Waals surface area contributed by atoms with Crippen molar-refractivity contribution in [2.45, 2.75) is 76.6 Å². The van der Waals surface area contributed by atoms with Crippen LogP contribution in [-0.4, -0.2) is 30.0 Å². The van der Waals surface area contributed by atoms with Crippen molar-refractivity contribution < 1.29 is 4.74 Å². The number of hydrogen-bond donors (Lipinski definition) is 2. The minimum absolute atomic E-state index is 0.0981. The summed E-state index contributed by atoms with van der Waals surface area (Å²) in [6, 6.07) is 0. The SMILES string of the molecule is CC1(C)CC2(CC(C)(C)N1)NCC1(CCC1)CO2. The Labute approximate surface area is 111 Å². The first-order valence-corrected chi connectivity index (χ1v) is 7.42. The molecule has 0 aromatic carbocycles. The molecule has 3 aliphatic rings. The van der Waals surface area contributed by atoms with Gasteiger partial charge < -0.3 is 10.1 Å². The normalized spacial score (nSPS) is 35.3. The van der Waals surface area contributed by atoms with E-state index in [1.807, 2.05) is 0 Å². The quantitative estimate of drug-likeness (QED) is 0.694. The molecule has 2 saturated heterocycles. The minimum Gasteiger partial charge on any atom is -0.360 e. The highest BCUT2D eigenvalue weighted by molar-refractivity contribution is 5.07. The van der Waals surface area contributed by atoms with Gasteiger partial charge in [0.2, 0.25) is 0 Å². The first-order valence-electron chi connectivity index (χ1n) is 7.42. The summed E-state index contributed by atoms with van der Waals surface area (Å²) in [6.45, 7) is 11.3. The third-order valence-corrected chi connectivity index (χ3v) is 4.99. The van der Waals surface area contributed by atoms with Gasteiger partial charge in [0.05, 0.1) is 6.61 Å². The van der Waals surface area contributed by atoms with Gasteiger partial charge in [0.1, 0.15) is 5.72 Å². The molecule has 3 nitrogen and oxygen atoms in total. The molecule has 3 heteroatoms. The molecule has 2 spiro atoms. The Kier molecular flexibility index (Phi) is 2.66. The van der Waals surface area contributed by atoms with E-state index in [4.69, 9.17) is 4.74 Å². The lowest BCUT2D eigenvalue weighted by Crippen LogP contribution is -2.71. The lowest BCUT2D eigenvalue weighted by atomic mass is 9.67. The van der Waals surface area contributed by atoms with E-state index in [0.717, 1.165) is 26.0 Å². The molecule has 104 valence electrons. The van der Waals surface area contributed by atoms with Crippen molar-refractivity contribution in [3.63, 3.8) is 0 Å². The molecule has 3 fully saturated rings. The molecule has 0 amide bonds. The minimum atomic E-state index is -0.0981. The van der Waals surface area contributed by atoms with E-state index < -0.39 is 0 Å². The van der Waals surface area contributed by atoms with Crippen LogP contribution in [0.2, 0.25) is 0 Å². The van der Waals surface area contributed by atoms with Gasteiger partial charge in [-0.1, -0.05) is 6.42 Å². The number of ether oxygens (including phenoxy) is 1. The van der Waals surface area contributed by atoms with Crippen molar-refractivity contribution in [2.75, 3.05) is 13.2 Å². The summed E-state index contributed by atoms with van der Waals surface area (Å²) < 4.78 is 6.38. The Morgan fingerprint density at radius 3 is 1.94 bits per heavy atom. The molecule has 0 unspecified atom stereocenters. The van der Waals surface area contributed by atoms with Gasteiger partial charge in [0, 0.05) is 35.9 Å². The third kappa shape index (κ3) is 2.21. The topological polar surface area (TPSA) is 33.3 Å². The van der Waals surface area contributed by atoms with Crippen molar-refractivity contribution in [1.82, 2.24) is 10.6 Å². The largest absolute Gasteiger partial charge is 0.360 e. The summed E-state index contributed by atoms with van der Waals surface area (Å²) in [5.74, 6) is 0. The summed E-state index contributed by atoms with van der Waals surface area (Å²) in [5, 5.41) is 7.51. The van der Waals surface area contributed by atoms with E-state index in [-0.39, 0.29) is 16.8 Å². The molecule has 3 rings (SSSR count). The summed E-state index contributed by atoms with van der Waals surface area (Å²) in [7, 11) is 0. The zero-order valence-corrected chi connectivity index (χ0v) is 12.4. The van der Waals surface area contributed by atoms with Crippen LogP contribution in [0.5, 0.6) is 0 Å². The maximum absolute atomic E-state index is 6.38. The highest BCUT2D eigenvalue weighted by atomic mass is 16.5. The van der Waals surface area contributed by atoms with Gasteiger partial charge in [-0.05, 0) is 40.5 Å². The van der Waals surface area contributed by atoms with Crippen molar-refractivity contribution in [3.05, 3.63) is 0 Å². The van der Waals surface area contributed by atoms with E-state index in [2.05, 4.69) is 38.3 Å². The molecule has 2 N–H and O–H groups in total. The van der Waals surface area contributed by atoms with Crippen LogP contribution in [0.1, 0.15) is 59.8 Å². The fourth-order valence-electron chi connectivity index (χ4n) is 4.46. The molecule has 0 aromatic heterocycles. The van der Waals surface area contributed by atoms with Crippen molar-refractivity contribution in [3.8, 4) is 0 Å². The Bertz CT molecular complexity index is 316. The van der Waals surface area contributed by atoms with Gasteiger partial charge in [-0.25, -0.2) is 0 Å². The zero-order valence-electron chi connectivity index (χ0n) is 12.4. The molecule has 1 aliphatic carbocycles. The standard InChI is InChI=1S/C15H28N2O/c1-12(2)8-15(9-13(3,4)17-12)16-10-14(11-18-15)6-5-7-14/h16-17H,5-11H2,1-4H3. The van der Waals surface area contributed by atoms with Gasteiger partial charge in [-0.2, -0.15) is 0 Å². The smallest absolute Gasteiger partial charge is 0.122 e. The van der Waals surface area contributed by atoms with E-state index in [1.54, 1.807) is 0 Å². The summed E-state index contributed by atoms with van der Waals surface area (Å²) in [4.78, 5) is 0. The molecule has 0 radical (unpaired) electrons. The molecular weight excluding hydrogens is 224 g/mol. The summed E-state index contributed by atoms with van der Waals surface area (Å²) >= 11 is 0. The predicted octanol–water partition coefficient (Wildman–Crippen LogP) is 2.41. The second-order valence-corrected chi connectivity index (χ2v) is 8.24. The fraction of sp³-hybridized carbons (Fsp3) is 1.00. The predicted molar refractivity (Wildman–Crippen MR) is 73.5 cm³/mol. The Balaban J connectivity index is 1.75. The molecule has 0 aromatic rings. The van der Waals surface area contributed by atoms with Crippen LogP contribution in [0.25, 0.3) is 0 Å². The average molecular weight is 252 g/mol. The van der Waals surface area contributed by atoms with Gasteiger partial charge >= 0.3 is 0 Å². The first-order chi connectivity index (χ1) is 8.24. The van der Waals surface area contributed by atoms with Crippen LogP contribution < -0.4 is 10.6 Å². The number of rotatable bonds is 0. The molecule has 2 aliphatic heterocycles. The van der Waals surface area contributed by atoms with Crippen LogP contribution in [0.15, 0.2) is 0 Å². The van der Waals surface area contributed by atoms with E-state index in [1.165, 1.54) is 19.3 Å². The molecular formula is C15H28N2O. The van der Waals surface area contributed by atoms with E-state index >= 15 is 0 Å². The number of nitrogens with one attached hydrogen (secondary N) is 2. The van der Waals surface area contributed by atoms with Crippen LogP contribution in [0, 0.1) is 5.41 Å². The molecule has 0 atom stereocenters. The van der Waals surface area contributed by atoms with Crippen LogP contribution in [0.4, 0.5) is 0 Å². The van der Waals surface area contributed by atoms with Gasteiger partial charge in [0.15, 0.2) is 0 Å². The summed E-state index contributed by atoms with van der Waals surface area (Å²) in [6.07, 6.45) is 6.19. The number of piperidine rings is 1. The average Bonchev–Trinajstić information content (AvgIpc) is 2.10. The second-order valence-electron chi connectivity index (χ2n) is 8.24. The molecule has 1 saturated carbocycles. The van der Waals surface area contributed by atoms with Crippen molar-refractivity contribution >= 4 is 0 Å². The third-order valence-electron chi connectivity index (χ3n) is 4.99. The van der Waals surface area contributed by atoms with E-state index in [9.17, 15) is 0 Å². The van der Waals surface area contributed by atoms with Crippen molar-refractivity contribution in [2.24, 2.45) is 5.41 Å². The van der Waals surface area contributed by atoms with Gasteiger partial charge in [0.25, 0.3) is 0 Å². The molecule has 0 bridgehead atoms. The highest BCUT2D eigenvalue weighted by Crippen LogP contribution is 2.47. The monoisotopic (exact) mass is 252 g/mol. The van der Waals surface area contributed by atoms with Crippen LogP contribution in [0.3, 0.4) is 0 Å². The summed E-state index contributed by atoms with van der Waals surface area (Å²) in [5.41, 5.74) is 0.654. The Morgan fingerprint density at radius 1 is 0.944 bits per heavy atom. The zero-order chi connectivity index (χ0) is 13.1. The van der Waals surface area contributed by atoms with Crippen LogP contribution >= 0.6 is 0 Å². The lowest BCUT2D eigenvalue weighted by molar-refractivity contribution is -0.198. The van der Waals surface area contributed by atoms with Crippen LogP contribution in [-0.2, 0) is 4.74 Å². The Hall–Kier alpha value is -0.120. The maximum atomic E-state index is 6.38. The maximum Gasteiger partial charge on any atom is 0.122 e. The fourth-order valence-corrected chi connectivity index (χ4v) is 4.46. The second kappa shape index (κ2) is 3.71. The van der Waals surface area contributed by atoms with Gasteiger partial charge in [-0.15, -0.1) is 0 Å². The highest BCUT2D eigenvalue weighted by Gasteiger charge is 2.53. The van der Waals surface area contributed by atoms with E-state index in [0.29, 0.717) is 5.41 Å². The molecule has 2 heterocycles. The number of hydrogen-bond acceptors (Lipinski definition) is 3. The van der Waals surface area contributed by atoms with Gasteiger partial charge in [-0.3, -0.25) is 5.32 Å². The lowest BCUT2D eigenvalue weighted by Gasteiger charge is -2.58. The Morgan fingerprint density at radius 2 is 1.56 bits per heavy atom. The first kappa shape index (κ1) is 12.9.